The van der Waals surface area contributed by atoms with Crippen molar-refractivity contribution in [2.45, 2.75) is 223 Å². The molecule has 13 nitrogen and oxygen atoms in total. The molecule has 3 fully saturated rings. The molecule has 4 amide bonds. The number of alkyl carbamates (subject to hydrolysis) is 2. The maximum absolute atomic E-state index is 14.2. The summed E-state index contributed by atoms with van der Waals surface area (Å²) in [6.45, 7) is 32.3. The third kappa shape index (κ3) is 17.3. The number of nitrogens with zero attached hydrogens (tertiary/aromatic N) is 2. The van der Waals surface area contributed by atoms with Crippen LogP contribution in [0.15, 0.2) is 11.6 Å². The van der Waals surface area contributed by atoms with Crippen molar-refractivity contribution in [3.8, 4) is 0 Å². The quantitative estimate of drug-likeness (QED) is 0.0376. The van der Waals surface area contributed by atoms with Gasteiger partial charge in [0.05, 0.1) is 0 Å². The topological polar surface area (TPSA) is 153 Å². The van der Waals surface area contributed by atoms with Gasteiger partial charge in [-0.25, -0.2) is 14.4 Å². The summed E-state index contributed by atoms with van der Waals surface area (Å²) in [5.41, 5.74) is 0.0533. The SMILES string of the molecule is CC(C)CCCC(C)[C@H]1CC[C@H]2[C@@H]3CC=C4C[C@@H](OC(=O)C(C)C(=O)N(CCCCN(CCCNC(=O)OC(C)(C)C)C(=O)OC(C)(C)C)CCCNC(=O)OC(C)(C)C)CC[C@]4(C)[C@H]3CC[C@]12C. The number of carbonyl (C=O) groups is 5. The van der Waals surface area contributed by atoms with E-state index in [1.807, 2.05) is 20.8 Å². The average molecular weight is 971 g/mol. The minimum Gasteiger partial charge on any atom is -0.461 e. The van der Waals surface area contributed by atoms with Crippen LogP contribution in [0.5, 0.6) is 0 Å². The largest absolute Gasteiger partial charge is 0.461 e. The van der Waals surface area contributed by atoms with E-state index in [9.17, 15) is 24.0 Å². The summed E-state index contributed by atoms with van der Waals surface area (Å²) >= 11 is 0. The standard InChI is InChI=1S/C56H98N4O9/c1-38(2)21-18-22-39(3)44-25-26-45-43-24-23-41-37-42(27-29-55(41,14)46(43)28-30-56(44,45)15)66-48(62)40(4)47(61)59(35-19-31-57-49(63)67-52(5,6)7)33-16-17-34-60(51(65)69-54(11,12)13)36-20-32-58-50(64)68-53(8,9)10/h23,38-40,42-46H,16-22,24-37H2,1-15H3,(H,57,63)(H,58,64)/t39?,40?,42-,43-,44+,45-,46-,55-,56+/m0/s1. The fourth-order valence-electron chi connectivity index (χ4n) is 12.5. The first-order valence-electron chi connectivity index (χ1n) is 27.1. The van der Waals surface area contributed by atoms with Gasteiger partial charge in [-0.1, -0.05) is 65.5 Å². The van der Waals surface area contributed by atoms with Crippen LogP contribution in [0.1, 0.15) is 200 Å². The summed E-state index contributed by atoms with van der Waals surface area (Å²) in [4.78, 5) is 69.3. The summed E-state index contributed by atoms with van der Waals surface area (Å²) < 4.78 is 22.7. The molecule has 0 aromatic heterocycles. The Morgan fingerprint density at radius 2 is 1.22 bits per heavy atom. The number of hydrogen-bond acceptors (Lipinski definition) is 9. The van der Waals surface area contributed by atoms with Gasteiger partial charge in [0, 0.05) is 45.7 Å². The Balaban J connectivity index is 1.36. The van der Waals surface area contributed by atoms with Crippen LogP contribution < -0.4 is 10.6 Å². The molecular formula is C56H98N4O9. The van der Waals surface area contributed by atoms with Gasteiger partial charge in [0.15, 0.2) is 0 Å². The van der Waals surface area contributed by atoms with Gasteiger partial charge in [-0.15, -0.1) is 0 Å². The predicted octanol–water partition coefficient (Wildman–Crippen LogP) is 12.3. The number of hydrogen-bond donors (Lipinski definition) is 2. The maximum atomic E-state index is 14.2. The third-order valence-electron chi connectivity index (χ3n) is 15.9. The molecule has 0 heterocycles. The molecule has 2 N–H and O–H groups in total. The fourth-order valence-corrected chi connectivity index (χ4v) is 12.5. The van der Waals surface area contributed by atoms with Crippen molar-refractivity contribution >= 4 is 30.2 Å². The number of nitrogens with one attached hydrogen (secondary N) is 2. The first-order valence-corrected chi connectivity index (χ1v) is 27.1. The minimum atomic E-state index is -1.00. The van der Waals surface area contributed by atoms with Crippen LogP contribution in [-0.4, -0.2) is 102 Å². The van der Waals surface area contributed by atoms with Crippen molar-refractivity contribution in [1.29, 1.82) is 0 Å². The van der Waals surface area contributed by atoms with E-state index >= 15 is 0 Å². The zero-order chi connectivity index (χ0) is 51.5. The Bertz CT molecular complexity index is 1740. The monoisotopic (exact) mass is 971 g/mol. The van der Waals surface area contributed by atoms with Crippen LogP contribution in [-0.2, 0) is 28.5 Å². The Morgan fingerprint density at radius 3 is 1.78 bits per heavy atom. The van der Waals surface area contributed by atoms with Gasteiger partial charge in [-0.3, -0.25) is 9.59 Å². The predicted molar refractivity (Wildman–Crippen MR) is 273 cm³/mol. The molecule has 4 rings (SSSR count). The maximum Gasteiger partial charge on any atom is 0.410 e. The lowest BCUT2D eigenvalue weighted by Gasteiger charge is -2.58. The number of amides is 4. The molecule has 0 radical (unpaired) electrons. The summed E-state index contributed by atoms with van der Waals surface area (Å²) in [5.74, 6) is 2.74. The van der Waals surface area contributed by atoms with Crippen molar-refractivity contribution in [2.75, 3.05) is 39.3 Å². The molecule has 0 saturated heterocycles. The molecule has 0 aromatic rings. The summed E-state index contributed by atoms with van der Waals surface area (Å²) in [7, 11) is 0. The number of unbranched alkanes of at least 4 members (excludes halogenated alkanes) is 1. The number of carbonyl (C=O) groups excluding carboxylic acids is 5. The highest BCUT2D eigenvalue weighted by molar-refractivity contribution is 5.97. The van der Waals surface area contributed by atoms with E-state index in [4.69, 9.17) is 18.9 Å². The van der Waals surface area contributed by atoms with Gasteiger partial charge in [-0.05, 0) is 186 Å². The van der Waals surface area contributed by atoms with Crippen molar-refractivity contribution in [3.05, 3.63) is 11.6 Å². The molecule has 4 aliphatic carbocycles. The molecule has 0 aromatic carbocycles. The van der Waals surface area contributed by atoms with Gasteiger partial charge >= 0.3 is 24.2 Å². The van der Waals surface area contributed by atoms with E-state index in [2.05, 4.69) is 51.3 Å². The van der Waals surface area contributed by atoms with E-state index in [0.29, 0.717) is 69.7 Å². The van der Waals surface area contributed by atoms with Gasteiger partial charge in [0.25, 0.3) is 0 Å². The molecule has 3 saturated carbocycles. The number of allylic oxidation sites excluding steroid dienone is 1. The van der Waals surface area contributed by atoms with E-state index in [0.717, 1.165) is 55.3 Å². The van der Waals surface area contributed by atoms with Crippen molar-refractivity contribution in [3.63, 3.8) is 0 Å². The van der Waals surface area contributed by atoms with Crippen molar-refractivity contribution in [1.82, 2.24) is 20.4 Å². The molecule has 0 aliphatic heterocycles. The van der Waals surface area contributed by atoms with Crippen molar-refractivity contribution in [2.24, 2.45) is 52.3 Å². The molecule has 69 heavy (non-hydrogen) atoms. The zero-order valence-corrected chi connectivity index (χ0v) is 46.1. The second-order valence-corrected chi connectivity index (χ2v) is 25.4. The first-order chi connectivity index (χ1) is 32.0. The van der Waals surface area contributed by atoms with E-state index in [1.165, 1.54) is 50.5 Å². The fraction of sp³-hybridized carbons (Fsp3) is 0.875. The van der Waals surface area contributed by atoms with E-state index < -0.39 is 47.0 Å². The normalized spacial score (nSPS) is 26.6. The zero-order valence-electron chi connectivity index (χ0n) is 46.1. The highest BCUT2D eigenvalue weighted by Crippen LogP contribution is 2.67. The smallest absolute Gasteiger partial charge is 0.410 e. The molecule has 13 heteroatoms. The van der Waals surface area contributed by atoms with Crippen LogP contribution >= 0.6 is 0 Å². The molecular weight excluding hydrogens is 873 g/mol. The minimum absolute atomic E-state index is 0.121. The second kappa shape index (κ2) is 24.7. The van der Waals surface area contributed by atoms with Crippen LogP contribution in [0, 0.1) is 52.3 Å². The number of ether oxygens (including phenoxy) is 4. The lowest BCUT2D eigenvalue weighted by molar-refractivity contribution is -0.161. The number of rotatable bonds is 21. The number of esters is 1. The van der Waals surface area contributed by atoms with Gasteiger partial charge in [0.2, 0.25) is 5.91 Å². The van der Waals surface area contributed by atoms with Crippen LogP contribution in [0.3, 0.4) is 0 Å². The van der Waals surface area contributed by atoms with Gasteiger partial charge in [-0.2, -0.15) is 0 Å². The molecule has 0 bridgehead atoms. The van der Waals surface area contributed by atoms with Crippen LogP contribution in [0.25, 0.3) is 0 Å². The average Bonchev–Trinajstić information content (AvgIpc) is 3.58. The van der Waals surface area contributed by atoms with E-state index in [1.54, 1.807) is 58.3 Å². The van der Waals surface area contributed by atoms with Gasteiger partial charge in [0.1, 0.15) is 28.8 Å². The molecule has 0 spiro atoms. The molecule has 9 atom stereocenters. The second-order valence-electron chi connectivity index (χ2n) is 25.4. The van der Waals surface area contributed by atoms with Crippen LogP contribution in [0.2, 0.25) is 0 Å². The lowest BCUT2D eigenvalue weighted by atomic mass is 9.47. The van der Waals surface area contributed by atoms with Crippen molar-refractivity contribution < 1.29 is 42.9 Å². The summed E-state index contributed by atoms with van der Waals surface area (Å²) in [6.07, 6.45) is 15.9. The third-order valence-corrected chi connectivity index (χ3v) is 15.9. The Labute approximate surface area is 418 Å². The first kappa shape index (κ1) is 58.1. The van der Waals surface area contributed by atoms with Crippen LogP contribution in [0.4, 0.5) is 14.4 Å². The van der Waals surface area contributed by atoms with E-state index in [-0.39, 0.29) is 24.0 Å². The van der Waals surface area contributed by atoms with Gasteiger partial charge < -0.3 is 39.4 Å². The Hall–Kier alpha value is -3.51. The highest BCUT2D eigenvalue weighted by Gasteiger charge is 2.59. The Kier molecular flexibility index (Phi) is 20.8. The molecule has 2 unspecified atom stereocenters. The summed E-state index contributed by atoms with van der Waals surface area (Å²) in [5, 5.41) is 5.53. The molecule has 396 valence electrons. The number of fused-ring (bicyclic) bond motifs is 5. The molecule has 4 aliphatic rings. The summed E-state index contributed by atoms with van der Waals surface area (Å²) in [6, 6.07) is 0. The lowest BCUT2D eigenvalue weighted by Crippen LogP contribution is -2.51. The highest BCUT2D eigenvalue weighted by atomic mass is 16.6. The Morgan fingerprint density at radius 1 is 0.667 bits per heavy atom.